The van der Waals surface area contributed by atoms with E-state index in [2.05, 4.69) is 5.10 Å². The van der Waals surface area contributed by atoms with Gasteiger partial charge in [0.2, 0.25) is 0 Å². The Kier molecular flexibility index (Phi) is 4.03. The highest BCUT2D eigenvalue weighted by molar-refractivity contribution is 5.82. The van der Waals surface area contributed by atoms with Crippen molar-refractivity contribution >= 4 is 5.78 Å². The number of hydrogen-bond acceptors (Lipinski definition) is 3. The van der Waals surface area contributed by atoms with E-state index in [1.807, 2.05) is 27.0 Å². The van der Waals surface area contributed by atoms with Crippen molar-refractivity contribution in [2.24, 2.45) is 18.7 Å². The Labute approximate surface area is 90.5 Å². The van der Waals surface area contributed by atoms with Gasteiger partial charge in [0.25, 0.3) is 0 Å². The molecule has 1 aromatic rings. The second kappa shape index (κ2) is 5.07. The molecule has 0 aliphatic carbocycles. The lowest BCUT2D eigenvalue weighted by molar-refractivity contribution is -0.121. The first-order chi connectivity index (χ1) is 7.04. The molecular weight excluding hydrogens is 190 g/mol. The third kappa shape index (κ3) is 3.16. The van der Waals surface area contributed by atoms with Gasteiger partial charge in [0.05, 0.1) is 5.69 Å². The van der Waals surface area contributed by atoms with Crippen LogP contribution in [0, 0.1) is 12.8 Å². The molecule has 1 atom stereocenters. The van der Waals surface area contributed by atoms with Crippen molar-refractivity contribution < 1.29 is 4.79 Å². The van der Waals surface area contributed by atoms with Crippen molar-refractivity contribution in [1.29, 1.82) is 0 Å². The quantitative estimate of drug-likeness (QED) is 0.781. The Morgan fingerprint density at radius 3 is 2.80 bits per heavy atom. The molecule has 0 saturated carbocycles. The zero-order valence-corrected chi connectivity index (χ0v) is 9.66. The van der Waals surface area contributed by atoms with Gasteiger partial charge >= 0.3 is 0 Å². The number of aryl methyl sites for hydroxylation is 2. The maximum atomic E-state index is 11.8. The summed E-state index contributed by atoms with van der Waals surface area (Å²) in [4.78, 5) is 11.8. The molecule has 0 amide bonds. The summed E-state index contributed by atoms with van der Waals surface area (Å²) in [7, 11) is 1.86. The van der Waals surface area contributed by atoms with Crippen LogP contribution in [0.5, 0.6) is 0 Å². The monoisotopic (exact) mass is 209 g/mol. The van der Waals surface area contributed by atoms with E-state index in [-0.39, 0.29) is 11.7 Å². The van der Waals surface area contributed by atoms with Gasteiger partial charge in [-0.15, -0.1) is 0 Å². The first-order valence-corrected chi connectivity index (χ1v) is 5.27. The maximum Gasteiger partial charge on any atom is 0.141 e. The van der Waals surface area contributed by atoms with E-state index in [1.165, 1.54) is 0 Å². The van der Waals surface area contributed by atoms with Crippen LogP contribution in [0.3, 0.4) is 0 Å². The molecule has 1 unspecified atom stereocenters. The third-order valence-corrected chi connectivity index (χ3v) is 2.60. The van der Waals surface area contributed by atoms with Crippen molar-refractivity contribution in [3.05, 3.63) is 17.5 Å². The molecule has 1 heterocycles. The van der Waals surface area contributed by atoms with Gasteiger partial charge < -0.3 is 5.73 Å². The summed E-state index contributed by atoms with van der Waals surface area (Å²) in [5, 5.41) is 4.21. The molecule has 0 saturated heterocycles. The van der Waals surface area contributed by atoms with Crippen molar-refractivity contribution in [2.75, 3.05) is 6.54 Å². The van der Waals surface area contributed by atoms with Gasteiger partial charge in [-0.25, -0.2) is 0 Å². The largest absolute Gasteiger partial charge is 0.330 e. The number of ketones is 1. The minimum Gasteiger partial charge on any atom is -0.330 e. The van der Waals surface area contributed by atoms with Gasteiger partial charge in [-0.3, -0.25) is 9.48 Å². The number of Topliss-reactive ketones (excluding diaryl/α,β-unsaturated/α-hetero) is 1. The van der Waals surface area contributed by atoms with Crippen LogP contribution in [0.1, 0.15) is 24.7 Å². The van der Waals surface area contributed by atoms with Crippen LogP contribution in [0.15, 0.2) is 6.07 Å². The summed E-state index contributed by atoms with van der Waals surface area (Å²) in [5.74, 6) is 0.286. The van der Waals surface area contributed by atoms with Gasteiger partial charge in [0, 0.05) is 25.1 Å². The minimum atomic E-state index is 0.0465. The lowest BCUT2D eigenvalue weighted by Crippen LogP contribution is -2.18. The molecule has 0 radical (unpaired) electrons. The number of aromatic nitrogens is 2. The van der Waals surface area contributed by atoms with Gasteiger partial charge in [0.1, 0.15) is 5.78 Å². The molecule has 0 spiro atoms. The highest BCUT2D eigenvalue weighted by atomic mass is 16.1. The zero-order chi connectivity index (χ0) is 11.4. The van der Waals surface area contributed by atoms with E-state index in [1.54, 1.807) is 4.68 Å². The number of carbonyl (C=O) groups is 1. The van der Waals surface area contributed by atoms with Gasteiger partial charge in [-0.2, -0.15) is 5.10 Å². The third-order valence-electron chi connectivity index (χ3n) is 2.60. The molecule has 0 aliphatic rings. The average molecular weight is 209 g/mol. The predicted octanol–water partition coefficient (Wildman–Crippen LogP) is 0.825. The second-order valence-electron chi connectivity index (χ2n) is 4.02. The lowest BCUT2D eigenvalue weighted by Gasteiger charge is -2.08. The molecule has 2 N–H and O–H groups in total. The van der Waals surface area contributed by atoms with Gasteiger partial charge in [-0.1, -0.05) is 6.92 Å². The van der Waals surface area contributed by atoms with Crippen LogP contribution >= 0.6 is 0 Å². The molecule has 1 aromatic heterocycles. The average Bonchev–Trinajstić information content (AvgIpc) is 2.45. The molecule has 84 valence electrons. The van der Waals surface area contributed by atoms with Crippen LogP contribution in [0.25, 0.3) is 0 Å². The van der Waals surface area contributed by atoms with Crippen molar-refractivity contribution in [1.82, 2.24) is 9.78 Å². The fraction of sp³-hybridized carbons (Fsp3) is 0.636. The first kappa shape index (κ1) is 11.9. The first-order valence-electron chi connectivity index (χ1n) is 5.27. The summed E-state index contributed by atoms with van der Waals surface area (Å²) < 4.78 is 1.77. The SMILES string of the molecule is Cc1cc(CC(=O)C(C)CCN)n(C)n1. The van der Waals surface area contributed by atoms with Crippen LogP contribution < -0.4 is 5.73 Å². The van der Waals surface area contributed by atoms with E-state index in [4.69, 9.17) is 5.73 Å². The molecule has 0 bridgehead atoms. The highest BCUT2D eigenvalue weighted by Gasteiger charge is 2.14. The summed E-state index contributed by atoms with van der Waals surface area (Å²) in [6.45, 7) is 4.42. The normalized spacial score (nSPS) is 12.8. The van der Waals surface area contributed by atoms with E-state index >= 15 is 0 Å². The van der Waals surface area contributed by atoms with Crippen molar-refractivity contribution in [3.8, 4) is 0 Å². The molecule has 15 heavy (non-hydrogen) atoms. The van der Waals surface area contributed by atoms with Gasteiger partial charge in [0.15, 0.2) is 0 Å². The summed E-state index contributed by atoms with van der Waals surface area (Å²) in [5.41, 5.74) is 7.35. The van der Waals surface area contributed by atoms with Crippen LogP contribution in [0.2, 0.25) is 0 Å². The summed E-state index contributed by atoms with van der Waals surface area (Å²) >= 11 is 0. The minimum absolute atomic E-state index is 0.0465. The van der Waals surface area contributed by atoms with Crippen LogP contribution in [-0.4, -0.2) is 22.1 Å². The summed E-state index contributed by atoms with van der Waals surface area (Å²) in [6.07, 6.45) is 1.22. The van der Waals surface area contributed by atoms with Crippen LogP contribution in [-0.2, 0) is 18.3 Å². The van der Waals surface area contributed by atoms with E-state index < -0.39 is 0 Å². The Hall–Kier alpha value is -1.16. The number of hydrogen-bond donors (Lipinski definition) is 1. The molecule has 0 aliphatic heterocycles. The summed E-state index contributed by atoms with van der Waals surface area (Å²) in [6, 6.07) is 1.95. The van der Waals surface area contributed by atoms with Gasteiger partial charge in [-0.05, 0) is 26.0 Å². The molecule has 4 heteroatoms. The highest BCUT2D eigenvalue weighted by Crippen LogP contribution is 2.09. The Bertz CT molecular complexity index is 344. The smallest absolute Gasteiger partial charge is 0.141 e. The van der Waals surface area contributed by atoms with Crippen molar-refractivity contribution in [2.45, 2.75) is 26.7 Å². The molecule has 0 fully saturated rings. The Morgan fingerprint density at radius 2 is 2.33 bits per heavy atom. The number of nitrogens with zero attached hydrogens (tertiary/aromatic N) is 2. The predicted molar refractivity (Wildman–Crippen MR) is 59.5 cm³/mol. The number of nitrogens with two attached hydrogens (primary N) is 1. The van der Waals surface area contributed by atoms with E-state index in [0.717, 1.165) is 17.8 Å². The Morgan fingerprint density at radius 1 is 1.67 bits per heavy atom. The van der Waals surface area contributed by atoms with E-state index in [0.29, 0.717) is 13.0 Å². The molecule has 0 aromatic carbocycles. The number of rotatable bonds is 5. The lowest BCUT2D eigenvalue weighted by atomic mass is 9.99. The van der Waals surface area contributed by atoms with E-state index in [9.17, 15) is 4.79 Å². The Balaban J connectivity index is 2.62. The topological polar surface area (TPSA) is 60.9 Å². The maximum absolute atomic E-state index is 11.8. The molecule has 4 nitrogen and oxygen atoms in total. The number of carbonyl (C=O) groups excluding carboxylic acids is 1. The van der Waals surface area contributed by atoms with Crippen LogP contribution in [0.4, 0.5) is 0 Å². The van der Waals surface area contributed by atoms with Crippen molar-refractivity contribution in [3.63, 3.8) is 0 Å². The zero-order valence-electron chi connectivity index (χ0n) is 9.66. The molecule has 1 rings (SSSR count). The second-order valence-corrected chi connectivity index (χ2v) is 4.02. The standard InChI is InChI=1S/C11H19N3O/c1-8(4-5-12)11(15)7-10-6-9(2)13-14(10)3/h6,8H,4-5,7,12H2,1-3H3. The molecular formula is C11H19N3O. The fourth-order valence-electron chi connectivity index (χ4n) is 1.59. The fourth-order valence-corrected chi connectivity index (χ4v) is 1.59.